The minimum absolute atomic E-state index is 0.717. The number of aromatic nitrogens is 4. The van der Waals surface area contributed by atoms with E-state index >= 15 is 0 Å². The molecule has 0 saturated carbocycles. The molecule has 0 atom stereocenters. The molecular weight excluding hydrogens is 568 g/mol. The molecule has 6 aromatic carbocycles. The van der Waals surface area contributed by atoms with Crippen molar-refractivity contribution in [3.8, 4) is 33.4 Å². The van der Waals surface area contributed by atoms with Crippen molar-refractivity contribution in [2.45, 2.75) is 0 Å². The Morgan fingerprint density at radius 3 is 1.46 bits per heavy atom. The van der Waals surface area contributed by atoms with Crippen LogP contribution >= 0.6 is 0 Å². The Hall–Kier alpha value is -6.40. The summed E-state index contributed by atoms with van der Waals surface area (Å²) in [6.07, 6.45) is 6.83. The first-order valence-electron chi connectivity index (χ1n) is 15.1. The summed E-state index contributed by atoms with van der Waals surface area (Å²) >= 11 is 0. The normalized spacial score (nSPS) is 11.9. The fourth-order valence-corrected chi connectivity index (χ4v) is 6.81. The van der Waals surface area contributed by atoms with Gasteiger partial charge in [0.1, 0.15) is 33.4 Å². The predicted molar refractivity (Wildman–Crippen MR) is 183 cm³/mol. The van der Waals surface area contributed by atoms with Gasteiger partial charge in [0.15, 0.2) is 0 Å². The Morgan fingerprint density at radius 1 is 0.370 bits per heavy atom. The van der Waals surface area contributed by atoms with Crippen molar-refractivity contribution < 1.29 is 8.83 Å². The van der Waals surface area contributed by atoms with E-state index in [4.69, 9.17) is 18.8 Å². The standard InChI is InChI=1S/C40H22N4O2/c1-3-13-34-28(7-1)30-11-5-9-26(39(30)45-34)23-19-24(27-10-6-12-31-29-8-2-4-14-35(29)46-40(27)31)21-25(20-23)32-22-33-37(43-16-15-41-33)38-36(32)42-17-18-44-38/h1-22H. The molecule has 0 saturated heterocycles. The first-order chi connectivity index (χ1) is 22.8. The van der Waals surface area contributed by atoms with Crippen molar-refractivity contribution in [1.82, 2.24) is 19.9 Å². The highest BCUT2D eigenvalue weighted by Crippen LogP contribution is 2.43. The van der Waals surface area contributed by atoms with Crippen molar-refractivity contribution in [2.24, 2.45) is 0 Å². The van der Waals surface area contributed by atoms with Gasteiger partial charge in [0.25, 0.3) is 0 Å². The Balaban J connectivity index is 1.31. The maximum atomic E-state index is 6.51. The second kappa shape index (κ2) is 9.55. The molecule has 0 unspecified atom stereocenters. The van der Waals surface area contributed by atoms with E-state index in [1.807, 2.05) is 36.4 Å². The van der Waals surface area contributed by atoms with Crippen molar-refractivity contribution in [3.63, 3.8) is 0 Å². The summed E-state index contributed by atoms with van der Waals surface area (Å²) in [7, 11) is 0. The second-order valence-corrected chi connectivity index (χ2v) is 11.5. The fourth-order valence-electron chi connectivity index (χ4n) is 6.81. The summed E-state index contributed by atoms with van der Waals surface area (Å²) in [5.74, 6) is 0. The van der Waals surface area contributed by atoms with Crippen LogP contribution in [0.5, 0.6) is 0 Å². The van der Waals surface area contributed by atoms with Crippen LogP contribution in [0.15, 0.2) is 143 Å². The molecule has 0 aliphatic rings. The summed E-state index contributed by atoms with van der Waals surface area (Å²) < 4.78 is 13.0. The molecule has 0 bridgehead atoms. The molecule has 0 aliphatic heterocycles. The van der Waals surface area contributed by atoms with Crippen LogP contribution in [-0.2, 0) is 0 Å². The zero-order valence-electron chi connectivity index (χ0n) is 24.3. The van der Waals surface area contributed by atoms with Gasteiger partial charge in [0.2, 0.25) is 0 Å². The van der Waals surface area contributed by atoms with Gasteiger partial charge in [0.05, 0.1) is 11.0 Å². The van der Waals surface area contributed by atoms with Crippen LogP contribution in [0.2, 0.25) is 0 Å². The molecular formula is C40H22N4O2. The second-order valence-electron chi connectivity index (χ2n) is 11.5. The highest BCUT2D eigenvalue weighted by Gasteiger charge is 2.19. The van der Waals surface area contributed by atoms with Crippen LogP contribution in [0, 0.1) is 0 Å². The molecule has 6 heteroatoms. The van der Waals surface area contributed by atoms with E-state index in [2.05, 4.69) is 82.8 Å². The molecule has 10 rings (SSSR count). The number of para-hydroxylation sites is 4. The van der Waals surface area contributed by atoms with Crippen LogP contribution in [0.25, 0.3) is 99.3 Å². The van der Waals surface area contributed by atoms with Crippen LogP contribution in [0.1, 0.15) is 0 Å². The van der Waals surface area contributed by atoms with Gasteiger partial charge >= 0.3 is 0 Å². The zero-order valence-corrected chi connectivity index (χ0v) is 24.3. The third-order valence-corrected chi connectivity index (χ3v) is 8.86. The van der Waals surface area contributed by atoms with Gasteiger partial charge in [-0.15, -0.1) is 0 Å². The average Bonchev–Trinajstić information content (AvgIpc) is 3.70. The van der Waals surface area contributed by atoms with E-state index in [1.165, 1.54) is 0 Å². The molecule has 4 aromatic heterocycles. The number of fused-ring (bicyclic) bond motifs is 9. The van der Waals surface area contributed by atoms with Crippen LogP contribution in [-0.4, -0.2) is 19.9 Å². The van der Waals surface area contributed by atoms with E-state index in [1.54, 1.807) is 24.8 Å². The Morgan fingerprint density at radius 2 is 0.848 bits per heavy atom. The van der Waals surface area contributed by atoms with Gasteiger partial charge in [-0.25, -0.2) is 0 Å². The highest BCUT2D eigenvalue weighted by atomic mass is 16.3. The fraction of sp³-hybridized carbons (Fsp3) is 0. The molecule has 46 heavy (non-hydrogen) atoms. The summed E-state index contributed by atoms with van der Waals surface area (Å²) in [6.45, 7) is 0. The Bertz CT molecular complexity index is 2700. The number of furan rings is 2. The van der Waals surface area contributed by atoms with Gasteiger partial charge < -0.3 is 8.83 Å². The Labute approximate surface area is 261 Å². The van der Waals surface area contributed by atoms with Gasteiger partial charge in [-0.3, -0.25) is 19.9 Å². The number of benzene rings is 6. The summed E-state index contributed by atoms with van der Waals surface area (Å²) in [5.41, 5.74) is 12.3. The molecule has 0 N–H and O–H groups in total. The molecule has 0 aliphatic carbocycles. The topological polar surface area (TPSA) is 77.8 Å². The van der Waals surface area contributed by atoms with Crippen LogP contribution in [0.3, 0.4) is 0 Å². The maximum absolute atomic E-state index is 6.51. The molecule has 0 radical (unpaired) electrons. The van der Waals surface area contributed by atoms with Gasteiger partial charge in [-0.2, -0.15) is 0 Å². The number of nitrogens with zero attached hydrogens (tertiary/aromatic N) is 4. The third kappa shape index (κ3) is 3.64. The average molecular weight is 591 g/mol. The lowest BCUT2D eigenvalue weighted by Crippen LogP contribution is -1.94. The predicted octanol–water partition coefficient (Wildman–Crippen LogP) is 10.4. The smallest absolute Gasteiger partial charge is 0.143 e. The minimum Gasteiger partial charge on any atom is -0.455 e. The zero-order chi connectivity index (χ0) is 30.2. The van der Waals surface area contributed by atoms with E-state index in [0.29, 0.717) is 5.52 Å². The SMILES string of the molecule is c1ccc2c(c1)oc1c(-c3cc(-c4cc5nccnc5c5nccnc45)cc(-c4cccc5c4oc4ccccc45)c3)cccc12. The summed E-state index contributed by atoms with van der Waals surface area (Å²) in [6, 6.07) is 37.7. The Kier molecular flexibility index (Phi) is 5.19. The minimum atomic E-state index is 0.717. The van der Waals surface area contributed by atoms with E-state index in [-0.39, 0.29) is 0 Å². The summed E-state index contributed by atoms with van der Waals surface area (Å²) in [4.78, 5) is 18.7. The number of hydrogen-bond acceptors (Lipinski definition) is 6. The van der Waals surface area contributed by atoms with Crippen molar-refractivity contribution in [1.29, 1.82) is 0 Å². The van der Waals surface area contributed by atoms with Crippen molar-refractivity contribution in [2.75, 3.05) is 0 Å². The van der Waals surface area contributed by atoms with E-state index < -0.39 is 0 Å². The van der Waals surface area contributed by atoms with E-state index in [0.717, 1.165) is 93.8 Å². The molecule has 10 aromatic rings. The largest absolute Gasteiger partial charge is 0.455 e. The molecule has 0 fully saturated rings. The number of rotatable bonds is 3. The van der Waals surface area contributed by atoms with Gasteiger partial charge in [-0.1, -0.05) is 72.8 Å². The van der Waals surface area contributed by atoms with Crippen molar-refractivity contribution in [3.05, 3.63) is 134 Å². The summed E-state index contributed by atoms with van der Waals surface area (Å²) in [5, 5.41) is 4.35. The number of hydrogen-bond donors (Lipinski definition) is 0. The van der Waals surface area contributed by atoms with Crippen LogP contribution < -0.4 is 0 Å². The van der Waals surface area contributed by atoms with Gasteiger partial charge in [0, 0.05) is 63.0 Å². The quantitative estimate of drug-likeness (QED) is 0.191. The van der Waals surface area contributed by atoms with Gasteiger partial charge in [-0.05, 0) is 53.1 Å². The third-order valence-electron chi connectivity index (χ3n) is 8.86. The lowest BCUT2D eigenvalue weighted by Gasteiger charge is -2.14. The first kappa shape index (κ1) is 25.0. The lowest BCUT2D eigenvalue weighted by atomic mass is 9.91. The molecule has 6 nitrogen and oxygen atoms in total. The maximum Gasteiger partial charge on any atom is 0.143 e. The lowest BCUT2D eigenvalue weighted by molar-refractivity contribution is 0.670. The molecule has 0 spiro atoms. The highest BCUT2D eigenvalue weighted by molar-refractivity contribution is 6.13. The van der Waals surface area contributed by atoms with Crippen LogP contribution in [0.4, 0.5) is 0 Å². The molecule has 214 valence electrons. The molecule has 4 heterocycles. The first-order valence-corrected chi connectivity index (χ1v) is 15.1. The molecule has 0 amide bonds. The van der Waals surface area contributed by atoms with E-state index in [9.17, 15) is 0 Å². The van der Waals surface area contributed by atoms with Crippen molar-refractivity contribution >= 4 is 65.9 Å². The monoisotopic (exact) mass is 590 g/mol.